The Hall–Kier alpha value is -1.55. The normalized spacial score (nSPS) is 31.9. The fraction of sp³-hybridized carbons (Fsp3) is 0.588. The van der Waals surface area contributed by atoms with Gasteiger partial charge < -0.3 is 15.0 Å². The van der Waals surface area contributed by atoms with E-state index in [9.17, 15) is 4.79 Å². The Morgan fingerprint density at radius 2 is 1.90 bits per heavy atom. The Morgan fingerprint density at radius 3 is 2.48 bits per heavy atom. The van der Waals surface area contributed by atoms with Gasteiger partial charge in [-0.2, -0.15) is 0 Å². The van der Waals surface area contributed by atoms with E-state index in [-0.39, 0.29) is 5.97 Å². The van der Waals surface area contributed by atoms with Crippen LogP contribution in [0.3, 0.4) is 0 Å². The van der Waals surface area contributed by atoms with E-state index in [4.69, 9.17) is 4.74 Å². The molecule has 4 nitrogen and oxygen atoms in total. The third-order valence-corrected chi connectivity index (χ3v) is 4.98. The number of benzene rings is 1. The first kappa shape index (κ1) is 14.4. The van der Waals surface area contributed by atoms with Crippen molar-refractivity contribution in [1.29, 1.82) is 0 Å². The molecule has 2 heterocycles. The number of nitrogens with one attached hydrogen (secondary N) is 1. The van der Waals surface area contributed by atoms with Gasteiger partial charge in [-0.3, -0.25) is 0 Å². The molecule has 0 saturated carbocycles. The minimum Gasteiger partial charge on any atom is -0.464 e. The van der Waals surface area contributed by atoms with Crippen LogP contribution in [0, 0.1) is 0 Å². The van der Waals surface area contributed by atoms with Crippen LogP contribution < -0.4 is 5.32 Å². The number of esters is 1. The van der Waals surface area contributed by atoms with E-state index in [1.807, 2.05) is 37.3 Å². The van der Waals surface area contributed by atoms with E-state index in [1.54, 1.807) is 0 Å². The van der Waals surface area contributed by atoms with E-state index in [0.717, 1.165) is 18.5 Å². The second-order valence-corrected chi connectivity index (χ2v) is 6.25. The lowest BCUT2D eigenvalue weighted by Gasteiger charge is -2.44. The number of para-hydroxylation sites is 1. The lowest BCUT2D eigenvalue weighted by Crippen LogP contribution is -2.58. The van der Waals surface area contributed by atoms with E-state index in [1.165, 1.54) is 12.8 Å². The Balaban J connectivity index is 1.87. The molecule has 0 aromatic heterocycles. The monoisotopic (exact) mass is 288 g/mol. The van der Waals surface area contributed by atoms with Crippen molar-refractivity contribution in [2.24, 2.45) is 0 Å². The molecule has 1 aromatic carbocycles. The first-order valence-electron chi connectivity index (χ1n) is 7.87. The molecule has 2 fully saturated rings. The van der Waals surface area contributed by atoms with E-state index < -0.39 is 5.54 Å². The second-order valence-electron chi connectivity index (χ2n) is 6.25. The lowest BCUT2D eigenvalue weighted by atomic mass is 9.82. The summed E-state index contributed by atoms with van der Waals surface area (Å²) in [6.45, 7) is 2.31. The van der Waals surface area contributed by atoms with Crippen molar-refractivity contribution < 1.29 is 9.53 Å². The van der Waals surface area contributed by atoms with Crippen LogP contribution in [0.5, 0.6) is 0 Å². The Morgan fingerprint density at radius 1 is 1.29 bits per heavy atom. The first-order valence-corrected chi connectivity index (χ1v) is 7.87. The number of hydrogen-bond donors (Lipinski definition) is 1. The Labute approximate surface area is 126 Å². The van der Waals surface area contributed by atoms with Crippen LogP contribution in [0.25, 0.3) is 0 Å². The quantitative estimate of drug-likeness (QED) is 0.865. The van der Waals surface area contributed by atoms with Gasteiger partial charge in [-0.1, -0.05) is 18.2 Å². The number of piperidine rings is 1. The predicted octanol–water partition coefficient (Wildman–Crippen LogP) is 2.66. The Kier molecular flexibility index (Phi) is 3.89. The highest BCUT2D eigenvalue weighted by Gasteiger charge is 2.52. The molecule has 0 amide bonds. The third kappa shape index (κ3) is 2.64. The lowest BCUT2D eigenvalue weighted by molar-refractivity contribution is -0.151. The SMILES string of the molecule is CCOC(=O)C1(Nc2ccccc2)CC2CCC(C1)N2C. The third-order valence-electron chi connectivity index (χ3n) is 4.98. The zero-order chi connectivity index (χ0) is 14.9. The summed E-state index contributed by atoms with van der Waals surface area (Å²) in [6, 6.07) is 11.0. The van der Waals surface area contributed by atoms with Gasteiger partial charge in [0, 0.05) is 17.8 Å². The Bertz CT molecular complexity index is 489. The molecule has 1 N–H and O–H groups in total. The number of anilines is 1. The molecule has 2 unspecified atom stereocenters. The van der Waals surface area contributed by atoms with Crippen LogP contribution >= 0.6 is 0 Å². The molecule has 2 saturated heterocycles. The fourth-order valence-corrected chi connectivity index (χ4v) is 3.86. The van der Waals surface area contributed by atoms with Gasteiger partial charge >= 0.3 is 5.97 Å². The number of carbonyl (C=O) groups excluding carboxylic acids is 1. The van der Waals surface area contributed by atoms with Gasteiger partial charge in [0.05, 0.1) is 6.61 Å². The number of carbonyl (C=O) groups is 1. The molecule has 2 aliphatic heterocycles. The van der Waals surface area contributed by atoms with Crippen LogP contribution in [-0.2, 0) is 9.53 Å². The molecule has 114 valence electrons. The van der Waals surface area contributed by atoms with Crippen molar-refractivity contribution in [2.45, 2.75) is 50.2 Å². The van der Waals surface area contributed by atoms with Crippen molar-refractivity contribution in [3.8, 4) is 0 Å². The van der Waals surface area contributed by atoms with Gasteiger partial charge in [0.15, 0.2) is 0 Å². The van der Waals surface area contributed by atoms with Gasteiger partial charge in [0.25, 0.3) is 0 Å². The minimum atomic E-state index is -0.574. The maximum absolute atomic E-state index is 12.6. The standard InChI is InChI=1S/C17H24N2O2/c1-3-21-16(20)17(18-13-7-5-4-6-8-13)11-14-9-10-15(12-17)19(14)2/h4-8,14-15,18H,3,9-12H2,1-2H3. The maximum atomic E-state index is 12.6. The molecule has 2 atom stereocenters. The number of ether oxygens (including phenoxy) is 1. The van der Waals surface area contributed by atoms with Gasteiger partial charge in [-0.15, -0.1) is 0 Å². The molecule has 0 spiro atoms. The average Bonchev–Trinajstić information content (AvgIpc) is 2.72. The highest BCUT2D eigenvalue weighted by atomic mass is 16.5. The molecule has 0 aliphatic carbocycles. The van der Waals surface area contributed by atoms with Crippen LogP contribution in [0.15, 0.2) is 30.3 Å². The minimum absolute atomic E-state index is 0.0983. The topological polar surface area (TPSA) is 41.6 Å². The second kappa shape index (κ2) is 5.68. The molecular formula is C17H24N2O2. The van der Waals surface area contributed by atoms with Crippen LogP contribution in [0.1, 0.15) is 32.6 Å². The summed E-state index contributed by atoms with van der Waals surface area (Å²) in [5.41, 5.74) is 0.421. The predicted molar refractivity (Wildman–Crippen MR) is 83.2 cm³/mol. The van der Waals surface area contributed by atoms with E-state index in [0.29, 0.717) is 18.7 Å². The van der Waals surface area contributed by atoms with Crippen molar-refractivity contribution in [2.75, 3.05) is 19.0 Å². The van der Waals surface area contributed by atoms with Crippen LogP contribution in [-0.4, -0.2) is 42.1 Å². The highest BCUT2D eigenvalue weighted by Crippen LogP contribution is 2.42. The molecule has 21 heavy (non-hydrogen) atoms. The number of fused-ring (bicyclic) bond motifs is 2. The molecule has 1 aromatic rings. The number of rotatable bonds is 4. The maximum Gasteiger partial charge on any atom is 0.331 e. The summed E-state index contributed by atoms with van der Waals surface area (Å²) in [5.74, 6) is -0.0983. The zero-order valence-corrected chi connectivity index (χ0v) is 12.8. The van der Waals surface area contributed by atoms with Crippen LogP contribution in [0.4, 0.5) is 5.69 Å². The van der Waals surface area contributed by atoms with E-state index in [2.05, 4.69) is 17.3 Å². The van der Waals surface area contributed by atoms with Crippen molar-refractivity contribution in [3.05, 3.63) is 30.3 Å². The van der Waals surface area contributed by atoms with Gasteiger partial charge in [0.2, 0.25) is 0 Å². The fourth-order valence-electron chi connectivity index (χ4n) is 3.86. The number of nitrogens with zero attached hydrogens (tertiary/aromatic N) is 1. The molecule has 4 heteroatoms. The van der Waals surface area contributed by atoms with Gasteiger partial charge in [-0.05, 0) is 51.8 Å². The van der Waals surface area contributed by atoms with Gasteiger partial charge in [0.1, 0.15) is 5.54 Å². The smallest absolute Gasteiger partial charge is 0.331 e. The molecule has 3 rings (SSSR count). The largest absolute Gasteiger partial charge is 0.464 e. The summed E-state index contributed by atoms with van der Waals surface area (Å²) in [5, 5.41) is 3.50. The number of hydrogen-bond acceptors (Lipinski definition) is 4. The first-order chi connectivity index (χ1) is 10.1. The zero-order valence-electron chi connectivity index (χ0n) is 12.8. The molecule has 2 aliphatic rings. The molecular weight excluding hydrogens is 264 g/mol. The van der Waals surface area contributed by atoms with Crippen molar-refractivity contribution in [3.63, 3.8) is 0 Å². The summed E-state index contributed by atoms with van der Waals surface area (Å²) in [4.78, 5) is 15.1. The average molecular weight is 288 g/mol. The van der Waals surface area contributed by atoms with Gasteiger partial charge in [-0.25, -0.2) is 4.79 Å². The van der Waals surface area contributed by atoms with Crippen molar-refractivity contribution >= 4 is 11.7 Å². The van der Waals surface area contributed by atoms with E-state index >= 15 is 0 Å². The summed E-state index contributed by atoms with van der Waals surface area (Å²) >= 11 is 0. The summed E-state index contributed by atoms with van der Waals surface area (Å²) in [7, 11) is 2.18. The molecule has 2 bridgehead atoms. The van der Waals surface area contributed by atoms with Crippen molar-refractivity contribution in [1.82, 2.24) is 4.90 Å². The summed E-state index contributed by atoms with van der Waals surface area (Å²) < 4.78 is 5.40. The molecule has 0 radical (unpaired) electrons. The highest BCUT2D eigenvalue weighted by molar-refractivity contribution is 5.85. The summed E-state index contributed by atoms with van der Waals surface area (Å²) in [6.07, 6.45) is 4.01. The van der Waals surface area contributed by atoms with Crippen LogP contribution in [0.2, 0.25) is 0 Å².